The van der Waals surface area contributed by atoms with Crippen LogP contribution < -0.4 is 10.6 Å². The molecule has 3 rings (SSSR count). The van der Waals surface area contributed by atoms with Crippen LogP contribution >= 0.6 is 0 Å². The Morgan fingerprint density at radius 1 is 0.958 bits per heavy atom. The van der Waals surface area contributed by atoms with Gasteiger partial charge in [0.1, 0.15) is 5.82 Å². The van der Waals surface area contributed by atoms with Crippen molar-refractivity contribution in [2.45, 2.75) is 6.92 Å². The summed E-state index contributed by atoms with van der Waals surface area (Å²) in [6.45, 7) is 2.59. The summed E-state index contributed by atoms with van der Waals surface area (Å²) in [5, 5.41) is 6.02. The molecule has 0 saturated heterocycles. The summed E-state index contributed by atoms with van der Waals surface area (Å²) in [5.74, 6) is -0.903. The molecule has 0 spiro atoms. The highest BCUT2D eigenvalue weighted by atomic mass is 19.2. The van der Waals surface area contributed by atoms with Crippen molar-refractivity contribution >= 4 is 17.5 Å². The average Bonchev–Trinajstić information content (AvgIpc) is 2.59. The van der Waals surface area contributed by atoms with Crippen molar-refractivity contribution in [3.05, 3.63) is 60.4 Å². The molecule has 0 saturated carbocycles. The number of nitrogens with zero attached hydrogens (tertiary/aromatic N) is 3. The van der Waals surface area contributed by atoms with Crippen molar-refractivity contribution < 1.29 is 8.78 Å². The molecule has 0 amide bonds. The van der Waals surface area contributed by atoms with Crippen LogP contribution in [0.1, 0.15) is 6.92 Å². The second-order valence-corrected chi connectivity index (χ2v) is 4.98. The first kappa shape index (κ1) is 15.8. The highest BCUT2D eigenvalue weighted by Gasteiger charge is 2.08. The summed E-state index contributed by atoms with van der Waals surface area (Å²) in [6, 6.07) is 8.99. The van der Waals surface area contributed by atoms with Gasteiger partial charge < -0.3 is 10.6 Å². The molecule has 0 bridgehead atoms. The molecule has 0 aliphatic heterocycles. The molecule has 0 fully saturated rings. The van der Waals surface area contributed by atoms with Gasteiger partial charge in [0.2, 0.25) is 5.95 Å². The Balaban J connectivity index is 1.97. The van der Waals surface area contributed by atoms with E-state index in [4.69, 9.17) is 0 Å². The molecule has 3 aromatic rings. The van der Waals surface area contributed by atoms with Gasteiger partial charge >= 0.3 is 0 Å². The molecule has 0 aliphatic carbocycles. The Hall–Kier alpha value is -3.09. The minimum absolute atomic E-state index is 0.399. The van der Waals surface area contributed by atoms with Crippen LogP contribution in [-0.2, 0) is 0 Å². The van der Waals surface area contributed by atoms with Gasteiger partial charge in [-0.3, -0.25) is 4.98 Å². The van der Waals surface area contributed by atoms with Gasteiger partial charge in [0.25, 0.3) is 0 Å². The Kier molecular flexibility index (Phi) is 4.60. The van der Waals surface area contributed by atoms with E-state index in [9.17, 15) is 8.78 Å². The van der Waals surface area contributed by atoms with Crippen molar-refractivity contribution in [3.63, 3.8) is 0 Å². The molecular formula is C17H15F2N5. The molecule has 1 aromatic carbocycles. The lowest BCUT2D eigenvalue weighted by atomic mass is 10.2. The first-order chi connectivity index (χ1) is 11.7. The fraction of sp³-hybridized carbons (Fsp3) is 0.118. The monoisotopic (exact) mass is 327 g/mol. The Bertz CT molecular complexity index is 840. The SMILES string of the molecule is CCNc1nc(Nc2ccc(F)c(F)c2)cc(-c2ccncc2)n1. The molecule has 5 nitrogen and oxygen atoms in total. The zero-order valence-corrected chi connectivity index (χ0v) is 12.9. The highest BCUT2D eigenvalue weighted by Crippen LogP contribution is 2.24. The van der Waals surface area contributed by atoms with Crippen molar-refractivity contribution in [1.82, 2.24) is 15.0 Å². The van der Waals surface area contributed by atoms with E-state index in [1.807, 2.05) is 19.1 Å². The number of halogens is 2. The molecule has 0 atom stereocenters. The molecule has 122 valence electrons. The van der Waals surface area contributed by atoms with Gasteiger partial charge in [-0.1, -0.05) is 0 Å². The predicted molar refractivity (Wildman–Crippen MR) is 89.1 cm³/mol. The van der Waals surface area contributed by atoms with E-state index in [1.54, 1.807) is 18.5 Å². The number of rotatable bonds is 5. The van der Waals surface area contributed by atoms with Crippen LogP contribution in [0, 0.1) is 11.6 Å². The van der Waals surface area contributed by atoms with Crippen LogP contribution in [0.15, 0.2) is 48.8 Å². The lowest BCUT2D eigenvalue weighted by Crippen LogP contribution is -2.05. The van der Waals surface area contributed by atoms with E-state index >= 15 is 0 Å². The van der Waals surface area contributed by atoms with Gasteiger partial charge in [-0.2, -0.15) is 4.98 Å². The van der Waals surface area contributed by atoms with E-state index in [0.717, 1.165) is 17.7 Å². The fourth-order valence-electron chi connectivity index (χ4n) is 2.14. The van der Waals surface area contributed by atoms with Crippen LogP contribution in [0.25, 0.3) is 11.3 Å². The van der Waals surface area contributed by atoms with E-state index in [2.05, 4.69) is 25.6 Å². The van der Waals surface area contributed by atoms with Crippen LogP contribution in [0.4, 0.5) is 26.2 Å². The lowest BCUT2D eigenvalue weighted by Gasteiger charge is -2.11. The van der Waals surface area contributed by atoms with Gasteiger partial charge in [0, 0.05) is 42.3 Å². The van der Waals surface area contributed by atoms with E-state index < -0.39 is 11.6 Å². The van der Waals surface area contributed by atoms with Crippen LogP contribution in [0.2, 0.25) is 0 Å². The Labute approximate surface area is 137 Å². The van der Waals surface area contributed by atoms with Gasteiger partial charge in [0.15, 0.2) is 11.6 Å². The van der Waals surface area contributed by atoms with E-state index in [0.29, 0.717) is 29.7 Å². The molecule has 0 radical (unpaired) electrons. The smallest absolute Gasteiger partial charge is 0.225 e. The maximum Gasteiger partial charge on any atom is 0.225 e. The number of benzene rings is 1. The topological polar surface area (TPSA) is 62.7 Å². The maximum absolute atomic E-state index is 13.4. The molecule has 2 N–H and O–H groups in total. The number of pyridine rings is 1. The summed E-state index contributed by atoms with van der Waals surface area (Å²) >= 11 is 0. The van der Waals surface area contributed by atoms with Crippen molar-refractivity contribution in [2.24, 2.45) is 0 Å². The predicted octanol–water partition coefficient (Wildman–Crippen LogP) is 3.99. The maximum atomic E-state index is 13.4. The van der Waals surface area contributed by atoms with Gasteiger partial charge in [-0.25, -0.2) is 13.8 Å². The second kappa shape index (κ2) is 6.99. The van der Waals surface area contributed by atoms with Crippen LogP contribution in [0.3, 0.4) is 0 Å². The van der Waals surface area contributed by atoms with Crippen molar-refractivity contribution in [1.29, 1.82) is 0 Å². The van der Waals surface area contributed by atoms with Crippen molar-refractivity contribution in [2.75, 3.05) is 17.2 Å². The molecule has 24 heavy (non-hydrogen) atoms. The zero-order valence-electron chi connectivity index (χ0n) is 12.9. The fourth-order valence-corrected chi connectivity index (χ4v) is 2.14. The first-order valence-corrected chi connectivity index (χ1v) is 7.41. The summed E-state index contributed by atoms with van der Waals surface area (Å²) in [5.41, 5.74) is 1.96. The summed E-state index contributed by atoms with van der Waals surface area (Å²) in [6.07, 6.45) is 3.35. The number of anilines is 3. The van der Waals surface area contributed by atoms with E-state index in [1.165, 1.54) is 6.07 Å². The minimum Gasteiger partial charge on any atom is -0.354 e. The number of hydrogen-bond donors (Lipinski definition) is 2. The molecule has 0 unspecified atom stereocenters. The van der Waals surface area contributed by atoms with Gasteiger partial charge in [-0.05, 0) is 31.2 Å². The van der Waals surface area contributed by atoms with E-state index in [-0.39, 0.29) is 0 Å². The summed E-state index contributed by atoms with van der Waals surface area (Å²) in [7, 11) is 0. The molecular weight excluding hydrogens is 312 g/mol. The third kappa shape index (κ3) is 3.62. The lowest BCUT2D eigenvalue weighted by molar-refractivity contribution is 0.509. The summed E-state index contributed by atoms with van der Waals surface area (Å²) in [4.78, 5) is 12.8. The normalized spacial score (nSPS) is 10.5. The third-order valence-electron chi connectivity index (χ3n) is 3.23. The van der Waals surface area contributed by atoms with Crippen LogP contribution in [0.5, 0.6) is 0 Å². The summed E-state index contributed by atoms with van der Waals surface area (Å²) < 4.78 is 26.4. The second-order valence-electron chi connectivity index (χ2n) is 4.98. The van der Waals surface area contributed by atoms with Gasteiger partial charge in [-0.15, -0.1) is 0 Å². The molecule has 7 heteroatoms. The highest BCUT2D eigenvalue weighted by molar-refractivity contribution is 5.67. The van der Waals surface area contributed by atoms with Crippen LogP contribution in [-0.4, -0.2) is 21.5 Å². The van der Waals surface area contributed by atoms with Gasteiger partial charge in [0.05, 0.1) is 5.69 Å². The largest absolute Gasteiger partial charge is 0.354 e. The minimum atomic E-state index is -0.921. The Morgan fingerprint density at radius 2 is 1.75 bits per heavy atom. The first-order valence-electron chi connectivity index (χ1n) is 7.41. The molecule has 2 heterocycles. The number of hydrogen-bond acceptors (Lipinski definition) is 5. The third-order valence-corrected chi connectivity index (χ3v) is 3.23. The molecule has 2 aromatic heterocycles. The number of nitrogens with one attached hydrogen (secondary N) is 2. The number of aromatic nitrogens is 3. The van der Waals surface area contributed by atoms with Crippen molar-refractivity contribution in [3.8, 4) is 11.3 Å². The quantitative estimate of drug-likeness (QED) is 0.742. The standard InChI is InChI=1S/C17H15F2N5/c1-2-21-17-23-15(11-5-7-20-8-6-11)10-16(24-17)22-12-3-4-13(18)14(19)9-12/h3-10H,2H2,1H3,(H2,21,22,23,24). The Morgan fingerprint density at radius 3 is 2.46 bits per heavy atom. The average molecular weight is 327 g/mol. The molecule has 0 aliphatic rings. The zero-order chi connectivity index (χ0) is 16.9.